The number of nitrogens with zero attached hydrogens (tertiary/aromatic N) is 2. The molecule has 0 aliphatic carbocycles. The zero-order valence-electron chi connectivity index (χ0n) is 7.55. The largest absolute Gasteiger partial charge is 0.530 e. The number of hydrogen-bond donors (Lipinski definition) is 1. The molecule has 3 nitrogen and oxygen atoms in total. The molecular formula is C8H11N3Y-2. The first-order valence-corrected chi connectivity index (χ1v) is 3.41. The molecular weight excluding hydrogens is 227 g/mol. The second-order valence-electron chi connectivity index (χ2n) is 2.33. The maximum atomic E-state index is 5.61. The molecule has 12 heavy (non-hydrogen) atoms. The number of rotatable bonds is 1. The molecule has 0 aliphatic rings. The monoisotopic (exact) mass is 238 g/mol. The average molecular weight is 238 g/mol. The van der Waals surface area contributed by atoms with Crippen molar-refractivity contribution in [2.75, 3.05) is 0 Å². The first-order chi connectivity index (χ1) is 5.15. The predicted molar refractivity (Wildman–Crippen MR) is 43.3 cm³/mol. The molecule has 0 atom stereocenters. The van der Waals surface area contributed by atoms with Gasteiger partial charge < -0.3 is 21.4 Å². The molecule has 0 saturated heterocycles. The Bertz CT molecular complexity index is 288. The molecule has 0 fully saturated rings. The normalized spacial score (nSPS) is 11.1. The Hall–Kier alpha value is -0.146. The van der Waals surface area contributed by atoms with Gasteiger partial charge in [-0.25, -0.2) is 6.92 Å². The van der Waals surface area contributed by atoms with Crippen LogP contribution in [0.15, 0.2) is 0 Å². The zero-order chi connectivity index (χ0) is 8.43. The SMILES string of the molecule is C[C-]=C(N)n1[c-]c(C)nc1C.[Y]. The Labute approximate surface area is 97.9 Å². The number of imidazole rings is 1. The summed E-state index contributed by atoms with van der Waals surface area (Å²) in [6, 6.07) is 0. The van der Waals surface area contributed by atoms with Crippen molar-refractivity contribution in [3.05, 3.63) is 23.8 Å². The van der Waals surface area contributed by atoms with Crippen LogP contribution in [0.3, 0.4) is 0 Å². The molecule has 0 saturated carbocycles. The minimum atomic E-state index is 0. The van der Waals surface area contributed by atoms with E-state index in [1.165, 1.54) is 0 Å². The van der Waals surface area contributed by atoms with Crippen LogP contribution in [0.25, 0.3) is 5.82 Å². The number of hydrogen-bond acceptors (Lipinski definition) is 2. The molecule has 0 spiro atoms. The van der Waals surface area contributed by atoms with Crippen LogP contribution in [0.4, 0.5) is 0 Å². The van der Waals surface area contributed by atoms with E-state index in [4.69, 9.17) is 5.73 Å². The van der Waals surface area contributed by atoms with Crippen molar-refractivity contribution in [1.82, 2.24) is 9.55 Å². The van der Waals surface area contributed by atoms with Gasteiger partial charge in [0.25, 0.3) is 0 Å². The fraction of sp³-hybridized carbons (Fsp3) is 0.375. The van der Waals surface area contributed by atoms with Gasteiger partial charge >= 0.3 is 0 Å². The van der Waals surface area contributed by atoms with Gasteiger partial charge in [0.15, 0.2) is 0 Å². The van der Waals surface area contributed by atoms with Gasteiger partial charge in [-0.05, 0) is 18.4 Å². The summed E-state index contributed by atoms with van der Waals surface area (Å²) in [5, 5.41) is 0. The van der Waals surface area contributed by atoms with Crippen LogP contribution in [0.1, 0.15) is 18.4 Å². The first kappa shape index (κ1) is 11.9. The van der Waals surface area contributed by atoms with Crippen LogP contribution in [0.5, 0.6) is 0 Å². The molecule has 1 heterocycles. The standard InChI is InChI=1S/C8H11N3.Y/c1-4-8(9)11-5-6(2)10-7(11)3;/h9H2,1-3H3;/q-2;. The van der Waals surface area contributed by atoms with E-state index in [0.717, 1.165) is 11.5 Å². The number of aromatic nitrogens is 2. The zero-order valence-corrected chi connectivity index (χ0v) is 10.4. The van der Waals surface area contributed by atoms with Gasteiger partial charge in [-0.1, -0.05) is 13.1 Å². The number of aryl methyl sites for hydroxylation is 2. The van der Waals surface area contributed by atoms with Crippen LogP contribution < -0.4 is 5.73 Å². The van der Waals surface area contributed by atoms with Crippen molar-refractivity contribution in [3.63, 3.8) is 0 Å². The minimum Gasteiger partial charge on any atom is -0.530 e. The quantitative estimate of drug-likeness (QED) is 0.738. The van der Waals surface area contributed by atoms with Crippen LogP contribution in [0.2, 0.25) is 0 Å². The van der Waals surface area contributed by atoms with Crippen LogP contribution >= 0.6 is 0 Å². The van der Waals surface area contributed by atoms with E-state index in [1.54, 1.807) is 11.5 Å². The van der Waals surface area contributed by atoms with E-state index >= 15 is 0 Å². The second kappa shape index (κ2) is 4.78. The van der Waals surface area contributed by atoms with Gasteiger partial charge in [-0.3, -0.25) is 0 Å². The summed E-state index contributed by atoms with van der Waals surface area (Å²) in [6.07, 6.45) is 5.80. The van der Waals surface area contributed by atoms with E-state index in [0.29, 0.717) is 5.82 Å². The van der Waals surface area contributed by atoms with Crippen molar-refractivity contribution < 1.29 is 32.7 Å². The fourth-order valence-electron chi connectivity index (χ4n) is 0.907. The number of nitrogens with two attached hydrogens (primary N) is 1. The van der Waals surface area contributed by atoms with E-state index < -0.39 is 0 Å². The topological polar surface area (TPSA) is 43.8 Å². The molecule has 1 aromatic rings. The molecule has 2 N–H and O–H groups in total. The van der Waals surface area contributed by atoms with Crippen molar-refractivity contribution >= 4 is 5.82 Å². The van der Waals surface area contributed by atoms with Crippen molar-refractivity contribution in [1.29, 1.82) is 0 Å². The predicted octanol–water partition coefficient (Wildman–Crippen LogP) is 0.878. The van der Waals surface area contributed by atoms with Crippen LogP contribution in [0, 0.1) is 26.1 Å². The third kappa shape index (κ3) is 2.42. The van der Waals surface area contributed by atoms with E-state index in [2.05, 4.69) is 17.3 Å². The van der Waals surface area contributed by atoms with Gasteiger partial charge in [-0.2, -0.15) is 5.82 Å². The summed E-state index contributed by atoms with van der Waals surface area (Å²) in [5.74, 6) is 1.39. The number of allylic oxidation sites excluding steroid dienone is 1. The molecule has 63 valence electrons. The molecule has 1 radical (unpaired) electrons. The van der Waals surface area contributed by atoms with Gasteiger partial charge in [0.2, 0.25) is 0 Å². The van der Waals surface area contributed by atoms with Gasteiger partial charge in [-0.15, -0.1) is 0 Å². The molecule has 0 aromatic carbocycles. The molecule has 1 rings (SSSR count). The summed E-state index contributed by atoms with van der Waals surface area (Å²) in [7, 11) is 0. The Morgan fingerprint density at radius 2 is 2.17 bits per heavy atom. The van der Waals surface area contributed by atoms with E-state index in [1.807, 2.05) is 13.8 Å². The fourth-order valence-corrected chi connectivity index (χ4v) is 0.907. The second-order valence-corrected chi connectivity index (χ2v) is 2.33. The third-order valence-corrected chi connectivity index (χ3v) is 1.42. The summed E-state index contributed by atoms with van der Waals surface area (Å²) in [6.45, 7) is 5.53. The summed E-state index contributed by atoms with van der Waals surface area (Å²) >= 11 is 0. The van der Waals surface area contributed by atoms with Gasteiger partial charge in [0.1, 0.15) is 0 Å². The van der Waals surface area contributed by atoms with Crippen molar-refractivity contribution in [2.45, 2.75) is 20.8 Å². The Kier molecular flexibility index (Phi) is 4.72. The van der Waals surface area contributed by atoms with Gasteiger partial charge in [0.05, 0.1) is 0 Å². The maximum absolute atomic E-state index is 5.61. The molecule has 4 heteroatoms. The molecule has 0 aliphatic heterocycles. The Morgan fingerprint density at radius 3 is 2.50 bits per heavy atom. The smallest absolute Gasteiger partial charge is 0 e. The van der Waals surface area contributed by atoms with Crippen molar-refractivity contribution in [3.8, 4) is 0 Å². The summed E-state index contributed by atoms with van der Waals surface area (Å²) < 4.78 is 1.69. The molecule has 0 unspecified atom stereocenters. The van der Waals surface area contributed by atoms with Gasteiger partial charge in [0, 0.05) is 32.7 Å². The average Bonchev–Trinajstić information content (AvgIpc) is 2.28. The first-order valence-electron chi connectivity index (χ1n) is 3.41. The van der Waals surface area contributed by atoms with E-state index in [9.17, 15) is 0 Å². The van der Waals surface area contributed by atoms with Crippen LogP contribution in [-0.4, -0.2) is 9.55 Å². The Balaban J connectivity index is 0.00000121. The third-order valence-electron chi connectivity index (χ3n) is 1.42. The molecule has 1 aromatic heterocycles. The minimum absolute atomic E-state index is 0. The molecule has 0 amide bonds. The van der Waals surface area contributed by atoms with Crippen LogP contribution in [-0.2, 0) is 32.7 Å². The van der Waals surface area contributed by atoms with E-state index in [-0.39, 0.29) is 32.7 Å². The summed E-state index contributed by atoms with van der Waals surface area (Å²) in [4.78, 5) is 4.15. The summed E-state index contributed by atoms with van der Waals surface area (Å²) in [5.41, 5.74) is 6.45. The van der Waals surface area contributed by atoms with Crippen molar-refractivity contribution in [2.24, 2.45) is 5.73 Å². The maximum Gasteiger partial charge on any atom is 0 e. The Morgan fingerprint density at radius 1 is 1.58 bits per heavy atom. The molecule has 0 bridgehead atoms.